The maximum absolute atomic E-state index is 12.3. The molecular formula is C17H17N5O2S. The molecule has 2 aromatic heterocycles. The van der Waals surface area contributed by atoms with E-state index in [0.29, 0.717) is 5.13 Å². The molecule has 7 nitrogen and oxygen atoms in total. The van der Waals surface area contributed by atoms with E-state index in [4.69, 9.17) is 0 Å². The van der Waals surface area contributed by atoms with Crippen molar-refractivity contribution in [1.82, 2.24) is 14.8 Å². The lowest BCUT2D eigenvalue weighted by molar-refractivity contribution is -0.119. The van der Waals surface area contributed by atoms with Gasteiger partial charge in [-0.15, -0.1) is 11.3 Å². The third-order valence-electron chi connectivity index (χ3n) is 3.54. The average Bonchev–Trinajstić information content (AvgIpc) is 3.26. The van der Waals surface area contributed by atoms with Crippen LogP contribution in [-0.4, -0.2) is 26.6 Å². The van der Waals surface area contributed by atoms with E-state index in [1.54, 1.807) is 30.1 Å². The Bertz CT molecular complexity index is 871. The number of nitrogens with one attached hydrogen (secondary N) is 2. The number of thiazole rings is 1. The molecule has 0 fully saturated rings. The minimum atomic E-state index is -0.417. The van der Waals surface area contributed by atoms with Crippen molar-refractivity contribution in [2.45, 2.75) is 19.9 Å². The van der Waals surface area contributed by atoms with Crippen LogP contribution in [0.2, 0.25) is 0 Å². The number of carbonyl (C=O) groups excluding carboxylic acids is 2. The van der Waals surface area contributed by atoms with Crippen LogP contribution in [0.15, 0.2) is 48.1 Å². The Balaban J connectivity index is 1.68. The van der Waals surface area contributed by atoms with Gasteiger partial charge in [-0.25, -0.2) is 4.98 Å². The molecule has 0 spiro atoms. The maximum Gasteiger partial charge on any atom is 0.250 e. The predicted molar refractivity (Wildman–Crippen MR) is 97.4 cm³/mol. The fraction of sp³-hybridized carbons (Fsp3) is 0.176. The highest BCUT2D eigenvalue weighted by Crippen LogP contribution is 2.26. The number of benzene rings is 1. The summed E-state index contributed by atoms with van der Waals surface area (Å²) >= 11 is 1.36. The lowest BCUT2D eigenvalue weighted by Crippen LogP contribution is -2.23. The summed E-state index contributed by atoms with van der Waals surface area (Å²) < 4.78 is 1.59. The molecule has 3 rings (SSSR count). The Labute approximate surface area is 148 Å². The van der Waals surface area contributed by atoms with Crippen LogP contribution in [0.3, 0.4) is 0 Å². The normalized spacial score (nSPS) is 11.8. The standard InChI is InChI=1S/C17H17N5O2S/c1-11(22-9-3-8-18-22)16(24)21-17-20-15(10-25-17)13-4-6-14(7-5-13)19-12(2)23/h3-11H,1-2H3,(H,19,23)(H,20,21,24). The third-order valence-corrected chi connectivity index (χ3v) is 4.29. The van der Waals surface area contributed by atoms with E-state index in [1.165, 1.54) is 18.3 Å². The molecular weight excluding hydrogens is 338 g/mol. The van der Waals surface area contributed by atoms with Crippen molar-refractivity contribution in [3.63, 3.8) is 0 Å². The molecule has 0 aliphatic carbocycles. The molecule has 0 bridgehead atoms. The van der Waals surface area contributed by atoms with Crippen LogP contribution in [0.5, 0.6) is 0 Å². The summed E-state index contributed by atoms with van der Waals surface area (Å²) in [6, 6.07) is 8.73. The second-order valence-corrected chi connectivity index (χ2v) is 6.31. The highest BCUT2D eigenvalue weighted by Gasteiger charge is 2.16. The summed E-state index contributed by atoms with van der Waals surface area (Å²) in [6.07, 6.45) is 3.38. The van der Waals surface area contributed by atoms with Gasteiger partial charge in [-0.3, -0.25) is 14.3 Å². The molecule has 0 saturated carbocycles. The van der Waals surface area contributed by atoms with E-state index >= 15 is 0 Å². The van der Waals surface area contributed by atoms with Gasteiger partial charge in [0.05, 0.1) is 5.69 Å². The van der Waals surface area contributed by atoms with Gasteiger partial charge in [0.15, 0.2) is 5.13 Å². The van der Waals surface area contributed by atoms with Crippen LogP contribution < -0.4 is 10.6 Å². The molecule has 0 aliphatic rings. The highest BCUT2D eigenvalue weighted by atomic mass is 32.1. The number of rotatable bonds is 5. The fourth-order valence-corrected chi connectivity index (χ4v) is 2.95. The topological polar surface area (TPSA) is 88.9 Å². The van der Waals surface area contributed by atoms with Crippen LogP contribution in [0.1, 0.15) is 19.9 Å². The van der Waals surface area contributed by atoms with Gasteiger partial charge in [-0.05, 0) is 25.1 Å². The van der Waals surface area contributed by atoms with E-state index in [1.807, 2.05) is 29.6 Å². The number of amides is 2. The van der Waals surface area contributed by atoms with Gasteiger partial charge >= 0.3 is 0 Å². The van der Waals surface area contributed by atoms with Crippen molar-refractivity contribution in [2.75, 3.05) is 10.6 Å². The molecule has 1 unspecified atom stereocenters. The quantitative estimate of drug-likeness (QED) is 0.736. The molecule has 8 heteroatoms. The second-order valence-electron chi connectivity index (χ2n) is 5.45. The van der Waals surface area contributed by atoms with Crippen molar-refractivity contribution >= 4 is 34.0 Å². The summed E-state index contributed by atoms with van der Waals surface area (Å²) in [6.45, 7) is 3.24. The number of hydrogen-bond donors (Lipinski definition) is 2. The van der Waals surface area contributed by atoms with Gasteiger partial charge in [-0.1, -0.05) is 12.1 Å². The van der Waals surface area contributed by atoms with Gasteiger partial charge in [-0.2, -0.15) is 5.10 Å². The molecule has 2 heterocycles. The molecule has 25 heavy (non-hydrogen) atoms. The first-order valence-corrected chi connectivity index (χ1v) is 8.54. The number of carbonyl (C=O) groups is 2. The van der Waals surface area contributed by atoms with Crippen LogP contribution in [0, 0.1) is 0 Å². The zero-order chi connectivity index (χ0) is 17.8. The first kappa shape index (κ1) is 16.8. The van der Waals surface area contributed by atoms with Crippen LogP contribution >= 0.6 is 11.3 Å². The minimum Gasteiger partial charge on any atom is -0.326 e. The molecule has 2 N–H and O–H groups in total. The Hall–Kier alpha value is -3.00. The van der Waals surface area contributed by atoms with E-state index in [2.05, 4.69) is 20.7 Å². The maximum atomic E-state index is 12.3. The van der Waals surface area contributed by atoms with Gasteiger partial charge in [0.1, 0.15) is 6.04 Å². The van der Waals surface area contributed by atoms with Crippen molar-refractivity contribution in [2.24, 2.45) is 0 Å². The Kier molecular flexibility index (Phi) is 4.90. The van der Waals surface area contributed by atoms with Gasteiger partial charge in [0, 0.05) is 35.9 Å². The molecule has 3 aromatic rings. The molecule has 0 radical (unpaired) electrons. The lowest BCUT2D eigenvalue weighted by atomic mass is 10.1. The second kappa shape index (κ2) is 7.27. The smallest absolute Gasteiger partial charge is 0.250 e. The number of aromatic nitrogens is 3. The fourth-order valence-electron chi connectivity index (χ4n) is 2.23. The summed E-state index contributed by atoms with van der Waals surface area (Å²) in [7, 11) is 0. The predicted octanol–water partition coefficient (Wildman–Crippen LogP) is 3.16. The summed E-state index contributed by atoms with van der Waals surface area (Å²) in [4.78, 5) is 27.7. The van der Waals surface area contributed by atoms with Gasteiger partial charge in [0.2, 0.25) is 5.91 Å². The van der Waals surface area contributed by atoms with Crippen LogP contribution in [0.4, 0.5) is 10.8 Å². The van der Waals surface area contributed by atoms with Crippen LogP contribution in [0.25, 0.3) is 11.3 Å². The number of anilines is 2. The molecule has 0 saturated heterocycles. The average molecular weight is 355 g/mol. The number of hydrogen-bond acceptors (Lipinski definition) is 5. The van der Waals surface area contributed by atoms with E-state index in [9.17, 15) is 9.59 Å². The molecule has 2 amide bonds. The molecule has 1 aromatic carbocycles. The molecule has 1 atom stereocenters. The zero-order valence-corrected chi connectivity index (χ0v) is 14.6. The largest absolute Gasteiger partial charge is 0.326 e. The lowest BCUT2D eigenvalue weighted by Gasteiger charge is -2.10. The summed E-state index contributed by atoms with van der Waals surface area (Å²) in [5.74, 6) is -0.289. The SMILES string of the molecule is CC(=O)Nc1ccc(-c2csc(NC(=O)C(C)n3cccn3)n2)cc1. The monoisotopic (exact) mass is 355 g/mol. The summed E-state index contributed by atoms with van der Waals surface area (Å²) in [5, 5.41) is 12.0. The van der Waals surface area contributed by atoms with E-state index in [-0.39, 0.29) is 11.8 Å². The van der Waals surface area contributed by atoms with E-state index in [0.717, 1.165) is 16.9 Å². The molecule has 128 valence electrons. The zero-order valence-electron chi connectivity index (χ0n) is 13.8. The first-order valence-electron chi connectivity index (χ1n) is 7.66. The highest BCUT2D eigenvalue weighted by molar-refractivity contribution is 7.14. The van der Waals surface area contributed by atoms with Gasteiger partial charge in [0.25, 0.3) is 5.91 Å². The van der Waals surface area contributed by atoms with Gasteiger partial charge < -0.3 is 10.6 Å². The molecule has 0 aliphatic heterocycles. The van der Waals surface area contributed by atoms with Crippen LogP contribution in [-0.2, 0) is 9.59 Å². The summed E-state index contributed by atoms with van der Waals surface area (Å²) in [5.41, 5.74) is 2.40. The Morgan fingerprint density at radius 1 is 1.20 bits per heavy atom. The van der Waals surface area contributed by atoms with Crippen molar-refractivity contribution in [3.05, 3.63) is 48.1 Å². The van der Waals surface area contributed by atoms with E-state index < -0.39 is 6.04 Å². The Morgan fingerprint density at radius 2 is 1.96 bits per heavy atom. The van der Waals surface area contributed by atoms with Crippen molar-refractivity contribution < 1.29 is 9.59 Å². The number of nitrogens with zero attached hydrogens (tertiary/aromatic N) is 3. The van der Waals surface area contributed by atoms with Crippen molar-refractivity contribution in [3.8, 4) is 11.3 Å². The van der Waals surface area contributed by atoms with Crippen molar-refractivity contribution in [1.29, 1.82) is 0 Å². The Morgan fingerprint density at radius 3 is 2.60 bits per heavy atom. The minimum absolute atomic E-state index is 0.113. The first-order chi connectivity index (χ1) is 12.0. The third kappa shape index (κ3) is 4.10.